The van der Waals surface area contributed by atoms with Gasteiger partial charge in [0.2, 0.25) is 0 Å². The Hall–Kier alpha value is -2.00. The van der Waals surface area contributed by atoms with E-state index in [0.717, 1.165) is 22.4 Å². The van der Waals surface area contributed by atoms with Crippen LogP contribution >= 0.6 is 11.6 Å². The second-order valence-corrected chi connectivity index (χ2v) is 5.94. The van der Waals surface area contributed by atoms with Crippen molar-refractivity contribution in [3.05, 3.63) is 58.1 Å². The molecular formula is C18H20ClNO2. The Balaban J connectivity index is 2.04. The number of carbonyl (C=O) groups is 1. The zero-order valence-corrected chi connectivity index (χ0v) is 14.0. The summed E-state index contributed by atoms with van der Waals surface area (Å²) in [7, 11) is 0. The molecule has 0 aromatic heterocycles. The molecule has 2 aromatic carbocycles. The van der Waals surface area contributed by atoms with E-state index in [1.165, 1.54) is 0 Å². The van der Waals surface area contributed by atoms with Crippen molar-refractivity contribution in [2.45, 2.75) is 33.8 Å². The number of amides is 1. The van der Waals surface area contributed by atoms with Gasteiger partial charge in [0.15, 0.2) is 6.10 Å². The third-order valence-corrected chi connectivity index (χ3v) is 3.72. The van der Waals surface area contributed by atoms with Gasteiger partial charge in [-0.05, 0) is 74.7 Å². The zero-order valence-electron chi connectivity index (χ0n) is 13.2. The van der Waals surface area contributed by atoms with Crippen LogP contribution in [-0.2, 0) is 4.79 Å². The monoisotopic (exact) mass is 317 g/mol. The molecule has 0 bridgehead atoms. The summed E-state index contributed by atoms with van der Waals surface area (Å²) in [6, 6.07) is 11.3. The Bertz CT molecular complexity index is 677. The van der Waals surface area contributed by atoms with E-state index >= 15 is 0 Å². The van der Waals surface area contributed by atoms with Crippen molar-refractivity contribution in [1.29, 1.82) is 0 Å². The fourth-order valence-corrected chi connectivity index (χ4v) is 2.36. The first-order chi connectivity index (χ1) is 10.3. The van der Waals surface area contributed by atoms with Gasteiger partial charge in [-0.1, -0.05) is 17.7 Å². The second-order valence-electron chi connectivity index (χ2n) is 5.54. The van der Waals surface area contributed by atoms with E-state index in [2.05, 4.69) is 11.4 Å². The Morgan fingerprint density at radius 3 is 2.32 bits per heavy atom. The summed E-state index contributed by atoms with van der Waals surface area (Å²) in [6.45, 7) is 7.62. The third kappa shape index (κ3) is 4.25. The molecule has 116 valence electrons. The fraction of sp³-hybridized carbons (Fsp3) is 0.278. The van der Waals surface area contributed by atoms with E-state index in [9.17, 15) is 4.79 Å². The summed E-state index contributed by atoms with van der Waals surface area (Å²) in [6.07, 6.45) is -0.596. The van der Waals surface area contributed by atoms with E-state index < -0.39 is 6.10 Å². The van der Waals surface area contributed by atoms with Crippen LogP contribution in [0.4, 0.5) is 5.69 Å². The lowest BCUT2D eigenvalue weighted by atomic mass is 10.1. The van der Waals surface area contributed by atoms with Crippen LogP contribution < -0.4 is 10.1 Å². The van der Waals surface area contributed by atoms with Crippen molar-refractivity contribution in [1.82, 2.24) is 0 Å². The number of hydrogen-bond donors (Lipinski definition) is 1. The molecule has 0 aliphatic heterocycles. The molecule has 1 unspecified atom stereocenters. The minimum atomic E-state index is -0.596. The van der Waals surface area contributed by atoms with Gasteiger partial charge in [-0.2, -0.15) is 0 Å². The lowest BCUT2D eigenvalue weighted by molar-refractivity contribution is -0.122. The first kappa shape index (κ1) is 16.4. The van der Waals surface area contributed by atoms with Gasteiger partial charge >= 0.3 is 0 Å². The van der Waals surface area contributed by atoms with Crippen molar-refractivity contribution < 1.29 is 9.53 Å². The number of carbonyl (C=O) groups excluding carboxylic acids is 1. The highest BCUT2D eigenvalue weighted by Gasteiger charge is 2.15. The normalized spacial score (nSPS) is 11.9. The largest absolute Gasteiger partial charge is 0.481 e. The van der Waals surface area contributed by atoms with E-state index in [1.54, 1.807) is 19.1 Å². The maximum atomic E-state index is 12.2. The number of benzene rings is 2. The van der Waals surface area contributed by atoms with E-state index in [4.69, 9.17) is 16.3 Å². The molecule has 1 atom stereocenters. The van der Waals surface area contributed by atoms with Gasteiger partial charge in [-0.25, -0.2) is 0 Å². The second kappa shape index (κ2) is 6.84. The topological polar surface area (TPSA) is 38.3 Å². The van der Waals surface area contributed by atoms with E-state index in [1.807, 2.05) is 39.0 Å². The van der Waals surface area contributed by atoms with Gasteiger partial charge in [0, 0.05) is 10.7 Å². The molecule has 22 heavy (non-hydrogen) atoms. The molecule has 0 aliphatic rings. The molecule has 0 spiro atoms. The molecular weight excluding hydrogens is 298 g/mol. The third-order valence-electron chi connectivity index (χ3n) is 3.30. The summed E-state index contributed by atoms with van der Waals surface area (Å²) >= 11 is 5.98. The minimum Gasteiger partial charge on any atom is -0.481 e. The predicted octanol–water partition coefficient (Wildman–Crippen LogP) is 4.67. The molecule has 0 fully saturated rings. The number of nitrogens with one attached hydrogen (secondary N) is 1. The van der Waals surface area contributed by atoms with Gasteiger partial charge in [-0.15, -0.1) is 0 Å². The minimum absolute atomic E-state index is 0.183. The summed E-state index contributed by atoms with van der Waals surface area (Å²) in [5.74, 6) is 0.447. The van der Waals surface area contributed by atoms with Gasteiger partial charge in [0.1, 0.15) is 5.75 Å². The first-order valence-electron chi connectivity index (χ1n) is 7.17. The number of anilines is 1. The highest BCUT2D eigenvalue weighted by Crippen LogP contribution is 2.22. The van der Waals surface area contributed by atoms with Crippen LogP contribution in [0.5, 0.6) is 5.75 Å². The molecule has 2 rings (SSSR count). The lowest BCUT2D eigenvalue weighted by Gasteiger charge is -2.16. The van der Waals surface area contributed by atoms with Crippen LogP contribution in [-0.4, -0.2) is 12.0 Å². The van der Waals surface area contributed by atoms with Crippen LogP contribution in [0.1, 0.15) is 23.6 Å². The molecule has 0 saturated heterocycles. The van der Waals surface area contributed by atoms with Gasteiger partial charge in [0.25, 0.3) is 5.91 Å². The summed E-state index contributed by atoms with van der Waals surface area (Å²) in [5, 5.41) is 3.56. The Labute approximate surface area is 136 Å². The van der Waals surface area contributed by atoms with Crippen molar-refractivity contribution >= 4 is 23.2 Å². The zero-order chi connectivity index (χ0) is 16.3. The number of halogens is 1. The number of rotatable bonds is 4. The number of ether oxygens (including phenoxy) is 1. The summed E-state index contributed by atoms with van der Waals surface area (Å²) in [5.41, 5.74) is 3.92. The lowest BCUT2D eigenvalue weighted by Crippen LogP contribution is -2.30. The van der Waals surface area contributed by atoms with Crippen molar-refractivity contribution in [2.24, 2.45) is 0 Å². The van der Waals surface area contributed by atoms with E-state index in [0.29, 0.717) is 10.8 Å². The number of aryl methyl sites for hydroxylation is 3. The van der Waals surface area contributed by atoms with Gasteiger partial charge in [0.05, 0.1) is 0 Å². The van der Waals surface area contributed by atoms with Crippen LogP contribution in [0, 0.1) is 20.8 Å². The quantitative estimate of drug-likeness (QED) is 0.889. The summed E-state index contributed by atoms with van der Waals surface area (Å²) < 4.78 is 5.67. The average Bonchev–Trinajstić information content (AvgIpc) is 2.41. The molecule has 0 aliphatic carbocycles. The molecule has 4 heteroatoms. The Kier molecular flexibility index (Phi) is 5.09. The van der Waals surface area contributed by atoms with Gasteiger partial charge in [-0.3, -0.25) is 4.79 Å². The highest BCUT2D eigenvalue weighted by atomic mass is 35.5. The maximum Gasteiger partial charge on any atom is 0.265 e. The van der Waals surface area contributed by atoms with Crippen molar-refractivity contribution in [3.63, 3.8) is 0 Å². The van der Waals surface area contributed by atoms with Crippen LogP contribution in [0.25, 0.3) is 0 Å². The summed E-state index contributed by atoms with van der Waals surface area (Å²) in [4.78, 5) is 12.2. The molecule has 1 amide bonds. The van der Waals surface area contributed by atoms with E-state index in [-0.39, 0.29) is 5.91 Å². The van der Waals surface area contributed by atoms with Crippen LogP contribution in [0.2, 0.25) is 5.02 Å². The van der Waals surface area contributed by atoms with Crippen molar-refractivity contribution in [2.75, 3.05) is 5.32 Å². The predicted molar refractivity (Wildman–Crippen MR) is 90.8 cm³/mol. The molecule has 0 saturated carbocycles. The first-order valence-corrected chi connectivity index (χ1v) is 7.55. The smallest absolute Gasteiger partial charge is 0.265 e. The van der Waals surface area contributed by atoms with Gasteiger partial charge < -0.3 is 10.1 Å². The number of hydrogen-bond acceptors (Lipinski definition) is 2. The molecule has 2 aromatic rings. The molecule has 0 radical (unpaired) electrons. The highest BCUT2D eigenvalue weighted by molar-refractivity contribution is 6.31. The Morgan fingerprint density at radius 2 is 1.73 bits per heavy atom. The standard InChI is InChI=1S/C18H20ClNO2/c1-11-7-12(2)9-15(8-11)20-18(21)14(4)22-16-5-6-17(19)13(3)10-16/h5-10,14H,1-4H3,(H,20,21). The van der Waals surface area contributed by atoms with Crippen molar-refractivity contribution in [3.8, 4) is 5.75 Å². The molecule has 3 nitrogen and oxygen atoms in total. The van der Waals surface area contributed by atoms with Crippen LogP contribution in [0.15, 0.2) is 36.4 Å². The molecule has 1 N–H and O–H groups in total. The molecule has 0 heterocycles. The van der Waals surface area contributed by atoms with Crippen LogP contribution in [0.3, 0.4) is 0 Å². The SMILES string of the molecule is Cc1cc(C)cc(NC(=O)C(C)Oc2ccc(Cl)c(C)c2)c1. The average molecular weight is 318 g/mol. The Morgan fingerprint density at radius 1 is 1.09 bits per heavy atom. The fourth-order valence-electron chi connectivity index (χ4n) is 2.24. The maximum absolute atomic E-state index is 12.2.